The highest BCUT2D eigenvalue weighted by Crippen LogP contribution is 2.26. The molecular formula is C11H11NOS. The number of thiophene rings is 1. The summed E-state index contributed by atoms with van der Waals surface area (Å²) >= 11 is 1.61. The Morgan fingerprint density at radius 3 is 2.93 bits per heavy atom. The molecule has 2 aromatic rings. The Kier molecular flexibility index (Phi) is 2.25. The van der Waals surface area contributed by atoms with Gasteiger partial charge in [-0.05, 0) is 19.1 Å². The van der Waals surface area contributed by atoms with Crippen LogP contribution in [-0.2, 0) is 0 Å². The third-order valence-corrected chi connectivity index (χ3v) is 3.16. The van der Waals surface area contributed by atoms with Crippen molar-refractivity contribution in [3.8, 4) is 0 Å². The lowest BCUT2D eigenvalue weighted by Crippen LogP contribution is -2.17. The molecule has 0 saturated carbocycles. The molecule has 0 saturated heterocycles. The van der Waals surface area contributed by atoms with Crippen LogP contribution in [0.2, 0.25) is 0 Å². The fourth-order valence-electron chi connectivity index (χ4n) is 1.45. The number of nitrogens with one attached hydrogen (secondary N) is 1. The highest BCUT2D eigenvalue weighted by molar-refractivity contribution is 7.17. The zero-order chi connectivity index (χ0) is 10.1. The van der Waals surface area contributed by atoms with Gasteiger partial charge in [-0.2, -0.15) is 0 Å². The molecule has 2 rings (SSSR count). The van der Waals surface area contributed by atoms with E-state index >= 15 is 0 Å². The Labute approximate surface area is 86.6 Å². The number of hydrogen-bond donors (Lipinski definition) is 1. The lowest BCUT2D eigenvalue weighted by atomic mass is 10.1. The second-order valence-corrected chi connectivity index (χ2v) is 4.14. The van der Waals surface area contributed by atoms with E-state index in [1.54, 1.807) is 18.4 Å². The molecule has 0 aliphatic rings. The molecule has 72 valence electrons. The van der Waals surface area contributed by atoms with Gasteiger partial charge in [-0.25, -0.2) is 0 Å². The fraction of sp³-hybridized carbons (Fsp3) is 0.182. The van der Waals surface area contributed by atoms with Crippen molar-refractivity contribution in [3.05, 3.63) is 34.7 Å². The molecule has 1 N–H and O–H groups in total. The predicted molar refractivity (Wildman–Crippen MR) is 60.0 cm³/mol. The Bertz CT molecular complexity index is 487. The van der Waals surface area contributed by atoms with E-state index in [1.807, 2.05) is 12.3 Å². The van der Waals surface area contributed by atoms with Crippen molar-refractivity contribution in [1.29, 1.82) is 0 Å². The first-order valence-electron chi connectivity index (χ1n) is 4.42. The molecule has 1 aromatic heterocycles. The standard InChI is InChI=1S/C11H11NOS/c1-7-3-4-10-8(5-7)9(6-14-10)11(13)12-2/h3-6H,1-2H3,(H,12,13). The largest absolute Gasteiger partial charge is 0.355 e. The van der Waals surface area contributed by atoms with Crippen molar-refractivity contribution >= 4 is 27.3 Å². The summed E-state index contributed by atoms with van der Waals surface area (Å²) in [6.45, 7) is 2.03. The van der Waals surface area contributed by atoms with Crippen LogP contribution < -0.4 is 5.32 Å². The predicted octanol–water partition coefficient (Wildman–Crippen LogP) is 2.57. The quantitative estimate of drug-likeness (QED) is 0.761. The molecule has 3 heteroatoms. The minimum atomic E-state index is -0.0122. The van der Waals surface area contributed by atoms with Crippen molar-refractivity contribution in [2.24, 2.45) is 0 Å². The van der Waals surface area contributed by atoms with Gasteiger partial charge in [-0.3, -0.25) is 4.79 Å². The normalized spacial score (nSPS) is 10.4. The van der Waals surface area contributed by atoms with Crippen LogP contribution in [0.5, 0.6) is 0 Å². The SMILES string of the molecule is CNC(=O)c1csc2ccc(C)cc12. The van der Waals surface area contributed by atoms with Crippen LogP contribution in [0.4, 0.5) is 0 Å². The molecule has 2 nitrogen and oxygen atoms in total. The Balaban J connectivity index is 2.67. The molecule has 0 unspecified atom stereocenters. The van der Waals surface area contributed by atoms with Gasteiger partial charge in [0.25, 0.3) is 5.91 Å². The van der Waals surface area contributed by atoms with Crippen molar-refractivity contribution in [1.82, 2.24) is 5.32 Å². The van der Waals surface area contributed by atoms with Crippen LogP contribution in [0.1, 0.15) is 15.9 Å². The van der Waals surface area contributed by atoms with Crippen LogP contribution >= 0.6 is 11.3 Å². The van der Waals surface area contributed by atoms with E-state index in [9.17, 15) is 4.79 Å². The first-order valence-corrected chi connectivity index (χ1v) is 5.30. The van der Waals surface area contributed by atoms with Crippen molar-refractivity contribution < 1.29 is 4.79 Å². The Morgan fingerprint density at radius 2 is 2.21 bits per heavy atom. The van der Waals surface area contributed by atoms with Crippen LogP contribution in [-0.4, -0.2) is 13.0 Å². The summed E-state index contributed by atoms with van der Waals surface area (Å²) in [6, 6.07) is 6.17. The summed E-state index contributed by atoms with van der Waals surface area (Å²) in [5, 5.41) is 5.60. The Morgan fingerprint density at radius 1 is 1.43 bits per heavy atom. The van der Waals surface area contributed by atoms with E-state index in [2.05, 4.69) is 23.5 Å². The average molecular weight is 205 g/mol. The van der Waals surface area contributed by atoms with E-state index in [0.717, 1.165) is 15.6 Å². The summed E-state index contributed by atoms with van der Waals surface area (Å²) in [7, 11) is 1.65. The number of aryl methyl sites for hydroxylation is 1. The number of carbonyl (C=O) groups excluding carboxylic acids is 1. The molecule has 0 bridgehead atoms. The van der Waals surface area contributed by atoms with Gasteiger partial charge in [0.1, 0.15) is 0 Å². The molecule has 0 aliphatic carbocycles. The summed E-state index contributed by atoms with van der Waals surface area (Å²) in [4.78, 5) is 11.5. The molecule has 0 atom stereocenters. The molecule has 0 fully saturated rings. The van der Waals surface area contributed by atoms with Gasteiger partial charge in [0.05, 0.1) is 5.56 Å². The first kappa shape index (κ1) is 9.21. The molecule has 1 amide bonds. The van der Waals surface area contributed by atoms with E-state index in [1.165, 1.54) is 5.56 Å². The van der Waals surface area contributed by atoms with Gasteiger partial charge in [0.2, 0.25) is 0 Å². The zero-order valence-corrected chi connectivity index (χ0v) is 8.94. The number of benzene rings is 1. The molecule has 1 heterocycles. The topological polar surface area (TPSA) is 29.1 Å². The Hall–Kier alpha value is -1.35. The molecule has 14 heavy (non-hydrogen) atoms. The van der Waals surface area contributed by atoms with Gasteiger partial charge < -0.3 is 5.32 Å². The second-order valence-electron chi connectivity index (χ2n) is 3.23. The molecule has 0 radical (unpaired) electrons. The third kappa shape index (κ3) is 1.40. The van der Waals surface area contributed by atoms with Gasteiger partial charge in [0, 0.05) is 22.5 Å². The van der Waals surface area contributed by atoms with Crippen LogP contribution in [0.25, 0.3) is 10.1 Å². The van der Waals surface area contributed by atoms with Gasteiger partial charge in [0.15, 0.2) is 0 Å². The van der Waals surface area contributed by atoms with Crippen LogP contribution in [0.15, 0.2) is 23.6 Å². The van der Waals surface area contributed by atoms with Crippen LogP contribution in [0, 0.1) is 6.92 Å². The molecule has 0 spiro atoms. The van der Waals surface area contributed by atoms with Crippen molar-refractivity contribution in [2.75, 3.05) is 7.05 Å². The maximum Gasteiger partial charge on any atom is 0.252 e. The highest BCUT2D eigenvalue weighted by atomic mass is 32.1. The lowest BCUT2D eigenvalue weighted by Gasteiger charge is -1.98. The van der Waals surface area contributed by atoms with Gasteiger partial charge in [-0.15, -0.1) is 11.3 Å². The minimum absolute atomic E-state index is 0.0122. The number of carbonyl (C=O) groups is 1. The third-order valence-electron chi connectivity index (χ3n) is 2.20. The molecule has 1 aromatic carbocycles. The smallest absolute Gasteiger partial charge is 0.252 e. The fourth-order valence-corrected chi connectivity index (χ4v) is 2.37. The molecule has 0 aliphatic heterocycles. The van der Waals surface area contributed by atoms with E-state index < -0.39 is 0 Å². The number of rotatable bonds is 1. The lowest BCUT2D eigenvalue weighted by molar-refractivity contribution is 0.0965. The first-order chi connectivity index (χ1) is 6.72. The summed E-state index contributed by atoms with van der Waals surface area (Å²) < 4.78 is 1.16. The van der Waals surface area contributed by atoms with E-state index in [0.29, 0.717) is 0 Å². The number of hydrogen-bond acceptors (Lipinski definition) is 2. The number of amides is 1. The summed E-state index contributed by atoms with van der Waals surface area (Å²) in [5.41, 5.74) is 1.96. The number of fused-ring (bicyclic) bond motifs is 1. The average Bonchev–Trinajstić information content (AvgIpc) is 2.59. The van der Waals surface area contributed by atoms with E-state index in [4.69, 9.17) is 0 Å². The van der Waals surface area contributed by atoms with Crippen molar-refractivity contribution in [2.45, 2.75) is 6.92 Å². The zero-order valence-electron chi connectivity index (χ0n) is 8.13. The second kappa shape index (κ2) is 3.42. The van der Waals surface area contributed by atoms with Crippen LogP contribution in [0.3, 0.4) is 0 Å². The maximum atomic E-state index is 11.5. The highest BCUT2D eigenvalue weighted by Gasteiger charge is 2.09. The molecular weight excluding hydrogens is 194 g/mol. The summed E-state index contributed by atoms with van der Waals surface area (Å²) in [6.07, 6.45) is 0. The maximum absolute atomic E-state index is 11.5. The van der Waals surface area contributed by atoms with E-state index in [-0.39, 0.29) is 5.91 Å². The van der Waals surface area contributed by atoms with Crippen molar-refractivity contribution in [3.63, 3.8) is 0 Å². The monoisotopic (exact) mass is 205 g/mol. The summed E-state index contributed by atoms with van der Waals surface area (Å²) in [5.74, 6) is -0.0122. The van der Waals surface area contributed by atoms with Gasteiger partial charge >= 0.3 is 0 Å². The minimum Gasteiger partial charge on any atom is -0.355 e. The van der Waals surface area contributed by atoms with Gasteiger partial charge in [-0.1, -0.05) is 11.6 Å².